The molecular formula is C16H25ClN2O2. The van der Waals surface area contributed by atoms with E-state index in [-0.39, 0.29) is 0 Å². The molecule has 0 saturated carbocycles. The first kappa shape index (κ1) is 16.6. The van der Waals surface area contributed by atoms with Gasteiger partial charge in [0.25, 0.3) is 0 Å². The third-order valence-electron chi connectivity index (χ3n) is 3.76. The molecule has 1 atom stereocenters. The fourth-order valence-electron chi connectivity index (χ4n) is 2.51. The maximum Gasteiger partial charge on any atom is 0.0748 e. The molecule has 1 unspecified atom stereocenters. The Morgan fingerprint density at radius 2 is 2.33 bits per heavy atom. The summed E-state index contributed by atoms with van der Waals surface area (Å²) in [5.41, 5.74) is 2.30. The number of rotatable bonds is 7. The van der Waals surface area contributed by atoms with Crippen LogP contribution in [0.2, 0.25) is 5.02 Å². The number of halogens is 1. The van der Waals surface area contributed by atoms with Crippen molar-refractivity contribution in [1.82, 2.24) is 5.32 Å². The normalized spacial score (nSPS) is 19.0. The molecule has 1 N–H and O–H groups in total. The van der Waals surface area contributed by atoms with Gasteiger partial charge in [-0.05, 0) is 24.1 Å². The maximum absolute atomic E-state index is 6.46. The van der Waals surface area contributed by atoms with E-state index in [1.165, 1.54) is 5.56 Å². The number of hydrogen-bond acceptors (Lipinski definition) is 4. The lowest BCUT2D eigenvalue weighted by Crippen LogP contribution is -2.42. The minimum absolute atomic E-state index is 0.310. The SMILES string of the molecule is CCC1CN(c2ccc(CNCCOC)cc2Cl)CCO1. The summed E-state index contributed by atoms with van der Waals surface area (Å²) in [5, 5.41) is 4.15. The molecule has 1 fully saturated rings. The zero-order valence-electron chi connectivity index (χ0n) is 12.9. The molecule has 21 heavy (non-hydrogen) atoms. The number of benzene rings is 1. The number of nitrogens with one attached hydrogen (secondary N) is 1. The molecule has 0 aromatic heterocycles. The number of nitrogens with zero attached hydrogens (tertiary/aromatic N) is 1. The van der Waals surface area contributed by atoms with E-state index in [1.807, 2.05) is 6.07 Å². The minimum atomic E-state index is 0.310. The molecular weight excluding hydrogens is 288 g/mol. The van der Waals surface area contributed by atoms with Gasteiger partial charge in [-0.2, -0.15) is 0 Å². The van der Waals surface area contributed by atoms with E-state index >= 15 is 0 Å². The molecule has 1 heterocycles. The van der Waals surface area contributed by atoms with Gasteiger partial charge in [0.1, 0.15) is 0 Å². The van der Waals surface area contributed by atoms with Crippen molar-refractivity contribution in [1.29, 1.82) is 0 Å². The topological polar surface area (TPSA) is 33.7 Å². The van der Waals surface area contributed by atoms with Crippen LogP contribution in [0, 0.1) is 0 Å². The molecule has 1 aliphatic rings. The molecule has 1 aromatic rings. The number of ether oxygens (including phenoxy) is 2. The molecule has 1 aromatic carbocycles. The van der Waals surface area contributed by atoms with Crippen molar-refractivity contribution in [2.24, 2.45) is 0 Å². The summed E-state index contributed by atoms with van der Waals surface area (Å²) in [6, 6.07) is 6.30. The monoisotopic (exact) mass is 312 g/mol. The Labute approximate surface area is 132 Å². The summed E-state index contributed by atoms with van der Waals surface area (Å²) in [6.45, 7) is 7.13. The molecule has 1 aliphatic heterocycles. The Bertz CT molecular complexity index is 442. The van der Waals surface area contributed by atoms with Crippen LogP contribution in [0.1, 0.15) is 18.9 Å². The Kier molecular flexibility index (Phi) is 6.77. The van der Waals surface area contributed by atoms with Gasteiger partial charge in [0.15, 0.2) is 0 Å². The Hall–Kier alpha value is -0.810. The largest absolute Gasteiger partial charge is 0.383 e. The Balaban J connectivity index is 1.95. The highest BCUT2D eigenvalue weighted by atomic mass is 35.5. The molecule has 0 aliphatic carbocycles. The van der Waals surface area contributed by atoms with Crippen molar-refractivity contribution in [2.45, 2.75) is 26.0 Å². The van der Waals surface area contributed by atoms with Crippen LogP contribution in [0.15, 0.2) is 18.2 Å². The van der Waals surface area contributed by atoms with Crippen LogP contribution < -0.4 is 10.2 Å². The number of anilines is 1. The maximum atomic E-state index is 6.46. The van der Waals surface area contributed by atoms with E-state index < -0.39 is 0 Å². The van der Waals surface area contributed by atoms with Gasteiger partial charge in [0.05, 0.1) is 30.0 Å². The van der Waals surface area contributed by atoms with Gasteiger partial charge in [0.2, 0.25) is 0 Å². The standard InChI is InChI=1S/C16H25ClN2O2/c1-3-14-12-19(7-9-21-14)16-5-4-13(10-15(16)17)11-18-6-8-20-2/h4-5,10,14,18H,3,6-9,11-12H2,1-2H3. The highest BCUT2D eigenvalue weighted by molar-refractivity contribution is 6.33. The smallest absolute Gasteiger partial charge is 0.0748 e. The summed E-state index contributed by atoms with van der Waals surface area (Å²) in [4.78, 5) is 2.32. The van der Waals surface area contributed by atoms with Crippen LogP contribution in [-0.4, -0.2) is 46.1 Å². The average molecular weight is 313 g/mol. The first-order valence-electron chi connectivity index (χ1n) is 7.59. The van der Waals surface area contributed by atoms with Crippen molar-refractivity contribution >= 4 is 17.3 Å². The number of hydrogen-bond donors (Lipinski definition) is 1. The van der Waals surface area contributed by atoms with E-state index in [1.54, 1.807) is 7.11 Å². The summed E-state index contributed by atoms with van der Waals surface area (Å²) in [5.74, 6) is 0. The third-order valence-corrected chi connectivity index (χ3v) is 4.06. The predicted octanol–water partition coefficient (Wildman–Crippen LogP) is 2.69. The number of methoxy groups -OCH3 is 1. The second-order valence-corrected chi connectivity index (χ2v) is 5.71. The van der Waals surface area contributed by atoms with Gasteiger partial charge in [-0.15, -0.1) is 0 Å². The van der Waals surface area contributed by atoms with Crippen LogP contribution in [-0.2, 0) is 16.0 Å². The Morgan fingerprint density at radius 1 is 1.48 bits per heavy atom. The van der Waals surface area contributed by atoms with E-state index in [9.17, 15) is 0 Å². The first-order chi connectivity index (χ1) is 10.2. The molecule has 2 rings (SSSR count). The highest BCUT2D eigenvalue weighted by Crippen LogP contribution is 2.28. The number of morpholine rings is 1. The van der Waals surface area contributed by atoms with Crippen molar-refractivity contribution < 1.29 is 9.47 Å². The summed E-state index contributed by atoms with van der Waals surface area (Å²) in [6.07, 6.45) is 1.35. The zero-order valence-corrected chi connectivity index (χ0v) is 13.7. The van der Waals surface area contributed by atoms with Crippen molar-refractivity contribution in [2.75, 3.05) is 44.9 Å². The van der Waals surface area contributed by atoms with E-state index in [0.717, 1.165) is 56.5 Å². The lowest BCUT2D eigenvalue weighted by molar-refractivity contribution is 0.0384. The first-order valence-corrected chi connectivity index (χ1v) is 7.97. The predicted molar refractivity (Wildman–Crippen MR) is 87.3 cm³/mol. The summed E-state index contributed by atoms with van der Waals surface area (Å²) in [7, 11) is 1.71. The van der Waals surface area contributed by atoms with Crippen LogP contribution in [0.4, 0.5) is 5.69 Å². The highest BCUT2D eigenvalue weighted by Gasteiger charge is 2.20. The molecule has 118 valence electrons. The van der Waals surface area contributed by atoms with Crippen molar-refractivity contribution in [3.63, 3.8) is 0 Å². The van der Waals surface area contributed by atoms with Gasteiger partial charge in [-0.1, -0.05) is 24.6 Å². The van der Waals surface area contributed by atoms with Crippen molar-refractivity contribution in [3.05, 3.63) is 28.8 Å². The second-order valence-electron chi connectivity index (χ2n) is 5.30. The van der Waals surface area contributed by atoms with Crippen LogP contribution in [0.5, 0.6) is 0 Å². The van der Waals surface area contributed by atoms with E-state index in [0.29, 0.717) is 6.10 Å². The van der Waals surface area contributed by atoms with Crippen LogP contribution >= 0.6 is 11.6 Å². The molecule has 0 radical (unpaired) electrons. The van der Waals surface area contributed by atoms with Gasteiger partial charge >= 0.3 is 0 Å². The van der Waals surface area contributed by atoms with E-state index in [2.05, 4.69) is 29.3 Å². The van der Waals surface area contributed by atoms with Crippen molar-refractivity contribution in [3.8, 4) is 0 Å². The molecule has 0 spiro atoms. The van der Waals surface area contributed by atoms with Gasteiger partial charge in [-0.25, -0.2) is 0 Å². The summed E-state index contributed by atoms with van der Waals surface area (Å²) >= 11 is 6.46. The Morgan fingerprint density at radius 3 is 3.05 bits per heavy atom. The third kappa shape index (κ3) is 4.85. The van der Waals surface area contributed by atoms with Crippen LogP contribution in [0.3, 0.4) is 0 Å². The van der Waals surface area contributed by atoms with Gasteiger partial charge < -0.3 is 19.7 Å². The molecule has 4 nitrogen and oxygen atoms in total. The lowest BCUT2D eigenvalue weighted by atomic mass is 10.1. The molecule has 0 bridgehead atoms. The summed E-state index contributed by atoms with van der Waals surface area (Å²) < 4.78 is 10.7. The fourth-order valence-corrected chi connectivity index (χ4v) is 2.83. The minimum Gasteiger partial charge on any atom is -0.383 e. The lowest BCUT2D eigenvalue weighted by Gasteiger charge is -2.34. The molecule has 1 saturated heterocycles. The average Bonchev–Trinajstić information content (AvgIpc) is 2.52. The fraction of sp³-hybridized carbons (Fsp3) is 0.625. The van der Waals surface area contributed by atoms with E-state index in [4.69, 9.17) is 21.1 Å². The van der Waals surface area contributed by atoms with Crippen LogP contribution in [0.25, 0.3) is 0 Å². The zero-order chi connectivity index (χ0) is 15.1. The quantitative estimate of drug-likeness (QED) is 0.785. The second kappa shape index (κ2) is 8.59. The van der Waals surface area contributed by atoms with Gasteiger partial charge in [0, 0.05) is 33.3 Å². The molecule has 0 amide bonds. The molecule has 5 heteroatoms. The van der Waals surface area contributed by atoms with Gasteiger partial charge in [-0.3, -0.25) is 0 Å².